The van der Waals surface area contributed by atoms with Crippen LogP contribution in [0.5, 0.6) is 0 Å². The molecule has 0 spiro atoms. The van der Waals surface area contributed by atoms with Crippen LogP contribution in [0.2, 0.25) is 5.15 Å². The molecule has 0 radical (unpaired) electrons. The number of aryl methyl sites for hydroxylation is 2. The third-order valence-electron chi connectivity index (χ3n) is 6.66. The monoisotopic (exact) mass is 702 g/mol. The first-order valence-electron chi connectivity index (χ1n) is 12.6. The molecule has 0 fully saturated rings. The third kappa shape index (κ3) is 6.77. The van der Waals surface area contributed by atoms with Gasteiger partial charge in [-0.05, 0) is 43.3 Å². The van der Waals surface area contributed by atoms with E-state index >= 15 is 0 Å². The highest BCUT2D eigenvalue weighted by atomic mass is 35.5. The number of aromatic nitrogens is 8. The predicted octanol–water partition coefficient (Wildman–Crippen LogP) is 8.07. The molecule has 0 N–H and O–H groups in total. The van der Waals surface area contributed by atoms with Gasteiger partial charge in [-0.25, -0.2) is 19.3 Å². The molecule has 0 amide bonds. The highest BCUT2D eigenvalue weighted by molar-refractivity contribution is 6.30. The highest BCUT2D eigenvalue weighted by Crippen LogP contribution is 2.40. The molecule has 0 bridgehead atoms. The molecule has 8 nitrogen and oxygen atoms in total. The standard InChI is InChI=1S/C26H15ClF12N8/c1-11-18(19(27)45(2)42-11)22(46-9-40-20(43-46)12-3-14(23(28,29)30)7-15(4-12)24(31,32)33)47-10-41-21(44-47)13-5-16(25(34,35)36)8-17(6-13)26(37,38)39/h3-10,22H,1-2H3. The third-order valence-corrected chi connectivity index (χ3v) is 7.11. The Kier molecular flexibility index (Phi) is 8.09. The summed E-state index contributed by atoms with van der Waals surface area (Å²) in [7, 11) is 1.41. The fourth-order valence-corrected chi connectivity index (χ4v) is 4.82. The summed E-state index contributed by atoms with van der Waals surface area (Å²) in [6.07, 6.45) is -20.4. The topological polar surface area (TPSA) is 79.2 Å². The average Bonchev–Trinajstić information content (AvgIpc) is 3.68. The van der Waals surface area contributed by atoms with E-state index in [0.717, 1.165) is 22.0 Å². The van der Waals surface area contributed by atoms with Crippen molar-refractivity contribution in [2.45, 2.75) is 37.8 Å². The second kappa shape index (κ2) is 11.3. The van der Waals surface area contributed by atoms with Gasteiger partial charge in [0.05, 0.1) is 33.5 Å². The molecule has 47 heavy (non-hydrogen) atoms. The predicted molar refractivity (Wildman–Crippen MR) is 137 cm³/mol. The maximum absolute atomic E-state index is 13.5. The molecule has 0 saturated carbocycles. The van der Waals surface area contributed by atoms with Crippen molar-refractivity contribution >= 4 is 11.6 Å². The summed E-state index contributed by atoms with van der Waals surface area (Å²) >= 11 is 6.42. The van der Waals surface area contributed by atoms with Gasteiger partial charge in [0.25, 0.3) is 0 Å². The molecular weight excluding hydrogens is 688 g/mol. The molecule has 0 aliphatic rings. The fourth-order valence-electron chi connectivity index (χ4n) is 4.54. The van der Waals surface area contributed by atoms with Crippen molar-refractivity contribution in [1.29, 1.82) is 0 Å². The van der Waals surface area contributed by atoms with Gasteiger partial charge in [-0.2, -0.15) is 57.8 Å². The van der Waals surface area contributed by atoms with Crippen LogP contribution in [0, 0.1) is 6.92 Å². The average molecular weight is 703 g/mol. The number of halogens is 13. The zero-order chi connectivity index (χ0) is 34.9. The van der Waals surface area contributed by atoms with Gasteiger partial charge in [0.1, 0.15) is 17.8 Å². The summed E-state index contributed by atoms with van der Waals surface area (Å²) in [4.78, 5) is 7.70. The minimum atomic E-state index is -5.17. The van der Waals surface area contributed by atoms with E-state index in [1.807, 2.05) is 0 Å². The van der Waals surface area contributed by atoms with E-state index in [0.29, 0.717) is 24.3 Å². The lowest BCUT2D eigenvalue weighted by molar-refractivity contribution is -0.144. The Hall–Kier alpha value is -4.62. The summed E-state index contributed by atoms with van der Waals surface area (Å²) in [6.45, 7) is 1.45. The van der Waals surface area contributed by atoms with Crippen molar-refractivity contribution in [1.82, 2.24) is 39.3 Å². The zero-order valence-corrected chi connectivity index (χ0v) is 23.9. The molecule has 3 aromatic heterocycles. The van der Waals surface area contributed by atoms with E-state index in [2.05, 4.69) is 25.3 Å². The molecule has 0 aliphatic carbocycles. The summed E-state index contributed by atoms with van der Waals surface area (Å²) in [6, 6.07) is 1.41. The van der Waals surface area contributed by atoms with Gasteiger partial charge in [0.2, 0.25) is 0 Å². The van der Waals surface area contributed by atoms with Gasteiger partial charge in [-0.1, -0.05) is 11.6 Å². The number of nitrogens with zero attached hydrogens (tertiary/aromatic N) is 8. The molecule has 0 saturated heterocycles. The van der Waals surface area contributed by atoms with Crippen molar-refractivity contribution in [2.24, 2.45) is 7.05 Å². The molecule has 5 rings (SSSR count). The number of hydrogen-bond acceptors (Lipinski definition) is 5. The molecule has 0 unspecified atom stereocenters. The van der Waals surface area contributed by atoms with Crippen LogP contribution in [-0.4, -0.2) is 39.3 Å². The first kappa shape index (κ1) is 33.7. The van der Waals surface area contributed by atoms with Crippen LogP contribution in [0.4, 0.5) is 52.7 Å². The molecule has 0 atom stereocenters. The summed E-state index contributed by atoms with van der Waals surface area (Å²) in [5.74, 6) is -1.23. The Morgan fingerprint density at radius 2 is 0.915 bits per heavy atom. The summed E-state index contributed by atoms with van der Waals surface area (Å²) in [5, 5.41) is 12.1. The first-order chi connectivity index (χ1) is 21.5. The summed E-state index contributed by atoms with van der Waals surface area (Å²) in [5.41, 5.74) is -7.65. The maximum Gasteiger partial charge on any atom is 0.416 e. The number of hydrogen-bond donors (Lipinski definition) is 0. The van der Waals surface area contributed by atoms with Gasteiger partial charge < -0.3 is 0 Å². The van der Waals surface area contributed by atoms with Crippen LogP contribution in [0.15, 0.2) is 49.1 Å². The molecular formula is C26H15ClF12N8. The van der Waals surface area contributed by atoms with Crippen molar-refractivity contribution < 1.29 is 52.7 Å². The number of benzene rings is 2. The Morgan fingerprint density at radius 1 is 0.574 bits per heavy atom. The molecule has 2 aromatic carbocycles. The lowest BCUT2D eigenvalue weighted by Crippen LogP contribution is -2.22. The first-order valence-corrected chi connectivity index (χ1v) is 13.0. The van der Waals surface area contributed by atoms with Gasteiger partial charge in [0, 0.05) is 18.2 Å². The van der Waals surface area contributed by atoms with Crippen LogP contribution in [0.25, 0.3) is 22.8 Å². The molecule has 250 valence electrons. The van der Waals surface area contributed by atoms with E-state index < -0.39 is 75.9 Å². The molecule has 3 heterocycles. The van der Waals surface area contributed by atoms with Crippen LogP contribution in [0.3, 0.4) is 0 Å². The van der Waals surface area contributed by atoms with Crippen molar-refractivity contribution in [3.8, 4) is 22.8 Å². The highest BCUT2D eigenvalue weighted by Gasteiger charge is 2.39. The van der Waals surface area contributed by atoms with E-state index in [9.17, 15) is 52.7 Å². The number of rotatable bonds is 5. The summed E-state index contributed by atoms with van der Waals surface area (Å²) < 4.78 is 165. The molecule has 5 aromatic rings. The van der Waals surface area contributed by atoms with E-state index in [1.54, 1.807) is 0 Å². The Morgan fingerprint density at radius 3 is 1.19 bits per heavy atom. The Labute approximate surface area is 259 Å². The molecule has 0 aliphatic heterocycles. The largest absolute Gasteiger partial charge is 0.416 e. The van der Waals surface area contributed by atoms with Gasteiger partial charge >= 0.3 is 24.7 Å². The Bertz CT molecular complexity index is 1770. The van der Waals surface area contributed by atoms with Crippen LogP contribution in [-0.2, 0) is 31.8 Å². The lowest BCUT2D eigenvalue weighted by atomic mass is 10.0. The van der Waals surface area contributed by atoms with E-state index in [1.165, 1.54) is 18.7 Å². The Balaban J connectivity index is 1.66. The molecule has 21 heteroatoms. The maximum atomic E-state index is 13.5. The normalized spacial score (nSPS) is 13.2. The lowest BCUT2D eigenvalue weighted by Gasteiger charge is -2.17. The van der Waals surface area contributed by atoms with Crippen LogP contribution < -0.4 is 0 Å². The zero-order valence-electron chi connectivity index (χ0n) is 23.2. The fraction of sp³-hybridized carbons (Fsp3) is 0.269. The quantitative estimate of drug-likeness (QED) is 0.173. The van der Waals surface area contributed by atoms with E-state index in [4.69, 9.17) is 11.6 Å². The number of alkyl halides is 12. The van der Waals surface area contributed by atoms with Crippen LogP contribution >= 0.6 is 11.6 Å². The second-order valence-corrected chi connectivity index (χ2v) is 10.3. The van der Waals surface area contributed by atoms with Crippen molar-refractivity contribution in [3.63, 3.8) is 0 Å². The minimum Gasteiger partial charge on any atom is -0.256 e. The second-order valence-electron chi connectivity index (χ2n) is 9.97. The van der Waals surface area contributed by atoms with Crippen LogP contribution in [0.1, 0.15) is 39.7 Å². The minimum absolute atomic E-state index is 0.0714. The van der Waals surface area contributed by atoms with E-state index in [-0.39, 0.29) is 28.5 Å². The smallest absolute Gasteiger partial charge is 0.256 e. The van der Waals surface area contributed by atoms with Crippen molar-refractivity contribution in [3.05, 3.63) is 87.7 Å². The van der Waals surface area contributed by atoms with Crippen molar-refractivity contribution in [2.75, 3.05) is 0 Å². The SMILES string of the molecule is Cc1nn(C)c(Cl)c1C(n1cnc(-c2cc(C(F)(F)F)cc(C(F)(F)F)c2)n1)n1cnc(-c2cc(C(F)(F)F)cc(C(F)(F)F)c2)n1. The van der Waals surface area contributed by atoms with Gasteiger partial charge in [0.15, 0.2) is 17.8 Å². The van der Waals surface area contributed by atoms with Gasteiger partial charge in [-0.15, -0.1) is 10.2 Å². The van der Waals surface area contributed by atoms with Gasteiger partial charge in [-0.3, -0.25) is 4.68 Å².